The zero-order chi connectivity index (χ0) is 13.5. The Balaban J connectivity index is 1.91. The first-order chi connectivity index (χ1) is 9.31. The molecular weight excluding hydrogens is 244 g/mol. The molecular formula is C13H18N4O2. The van der Waals surface area contributed by atoms with Crippen LogP contribution in [-0.2, 0) is 12.8 Å². The molecule has 0 unspecified atom stereocenters. The fourth-order valence-corrected chi connectivity index (χ4v) is 1.65. The molecule has 2 heterocycles. The Bertz CT molecular complexity index is 496. The van der Waals surface area contributed by atoms with Crippen molar-refractivity contribution < 1.29 is 9.26 Å². The van der Waals surface area contributed by atoms with Gasteiger partial charge in [-0.15, -0.1) is 0 Å². The van der Waals surface area contributed by atoms with E-state index in [9.17, 15) is 0 Å². The average molecular weight is 262 g/mol. The van der Waals surface area contributed by atoms with Crippen molar-refractivity contribution >= 4 is 0 Å². The smallest absolute Gasteiger partial charge is 0.227 e. The predicted molar refractivity (Wildman–Crippen MR) is 70.1 cm³/mol. The monoisotopic (exact) mass is 262 g/mol. The molecule has 0 aliphatic carbocycles. The van der Waals surface area contributed by atoms with Crippen LogP contribution < -0.4 is 10.1 Å². The Morgan fingerprint density at radius 3 is 2.95 bits per heavy atom. The third-order valence-electron chi connectivity index (χ3n) is 2.64. The number of nitrogens with one attached hydrogen (secondary N) is 1. The Hall–Kier alpha value is -1.95. The van der Waals surface area contributed by atoms with Crippen LogP contribution in [0.25, 0.3) is 0 Å². The first kappa shape index (κ1) is 13.5. The molecule has 0 saturated carbocycles. The van der Waals surface area contributed by atoms with Crippen molar-refractivity contribution in [3.8, 4) is 5.88 Å². The van der Waals surface area contributed by atoms with E-state index in [-0.39, 0.29) is 0 Å². The van der Waals surface area contributed by atoms with Crippen molar-refractivity contribution in [2.45, 2.75) is 19.8 Å². The van der Waals surface area contributed by atoms with E-state index in [1.54, 1.807) is 13.3 Å². The van der Waals surface area contributed by atoms with Crippen LogP contribution in [0.15, 0.2) is 22.9 Å². The maximum Gasteiger partial charge on any atom is 0.227 e. The Labute approximate surface area is 112 Å². The van der Waals surface area contributed by atoms with Gasteiger partial charge in [0.25, 0.3) is 0 Å². The zero-order valence-corrected chi connectivity index (χ0v) is 11.2. The minimum Gasteiger partial charge on any atom is -0.481 e. The lowest BCUT2D eigenvalue weighted by molar-refractivity contribution is 0.372. The number of aromatic nitrogens is 3. The van der Waals surface area contributed by atoms with Gasteiger partial charge in [-0.3, -0.25) is 0 Å². The molecule has 0 aliphatic rings. The van der Waals surface area contributed by atoms with E-state index in [4.69, 9.17) is 9.26 Å². The second-order valence-corrected chi connectivity index (χ2v) is 4.09. The van der Waals surface area contributed by atoms with Gasteiger partial charge in [-0.25, -0.2) is 4.98 Å². The molecule has 0 saturated heterocycles. The number of methoxy groups -OCH3 is 1. The van der Waals surface area contributed by atoms with E-state index in [1.807, 2.05) is 12.1 Å². The van der Waals surface area contributed by atoms with Crippen molar-refractivity contribution in [2.24, 2.45) is 0 Å². The van der Waals surface area contributed by atoms with Crippen LogP contribution >= 0.6 is 0 Å². The van der Waals surface area contributed by atoms with Gasteiger partial charge in [-0.1, -0.05) is 18.1 Å². The highest BCUT2D eigenvalue weighted by molar-refractivity contribution is 5.20. The topological polar surface area (TPSA) is 73.1 Å². The highest BCUT2D eigenvalue weighted by Gasteiger charge is 2.07. The van der Waals surface area contributed by atoms with Crippen molar-refractivity contribution in [1.29, 1.82) is 0 Å². The van der Waals surface area contributed by atoms with E-state index in [2.05, 4.69) is 27.4 Å². The second kappa shape index (κ2) is 6.84. The first-order valence-electron chi connectivity index (χ1n) is 6.33. The van der Waals surface area contributed by atoms with E-state index >= 15 is 0 Å². The number of likely N-dealkylation sites (N-methyl/N-ethyl adjacent to an activating group) is 1. The van der Waals surface area contributed by atoms with Gasteiger partial charge >= 0.3 is 0 Å². The van der Waals surface area contributed by atoms with Crippen molar-refractivity contribution in [2.75, 3.05) is 20.2 Å². The molecule has 0 fully saturated rings. The highest BCUT2D eigenvalue weighted by atomic mass is 16.5. The van der Waals surface area contributed by atoms with Gasteiger partial charge in [0.2, 0.25) is 11.8 Å². The minimum atomic E-state index is 0.600. The molecule has 0 atom stereocenters. The van der Waals surface area contributed by atoms with Gasteiger partial charge in [-0.2, -0.15) is 4.98 Å². The summed E-state index contributed by atoms with van der Waals surface area (Å²) in [7, 11) is 1.60. The quantitative estimate of drug-likeness (QED) is 0.756. The van der Waals surface area contributed by atoms with Crippen LogP contribution in [0.2, 0.25) is 0 Å². The lowest BCUT2D eigenvalue weighted by Gasteiger charge is -1.99. The van der Waals surface area contributed by atoms with Gasteiger partial charge in [0.1, 0.15) is 0 Å². The summed E-state index contributed by atoms with van der Waals surface area (Å²) in [5.41, 5.74) is 1.03. The summed E-state index contributed by atoms with van der Waals surface area (Å²) in [6.07, 6.45) is 3.12. The summed E-state index contributed by atoms with van der Waals surface area (Å²) in [6, 6.07) is 3.77. The molecule has 2 rings (SSSR count). The number of nitrogens with zero attached hydrogens (tertiary/aromatic N) is 3. The maximum absolute atomic E-state index is 5.18. The molecule has 0 spiro atoms. The summed E-state index contributed by atoms with van der Waals surface area (Å²) in [6.45, 7) is 3.86. The number of ether oxygens (including phenoxy) is 1. The highest BCUT2D eigenvalue weighted by Crippen LogP contribution is 2.10. The normalized spacial score (nSPS) is 10.6. The van der Waals surface area contributed by atoms with E-state index in [1.165, 1.54) is 0 Å². The Morgan fingerprint density at radius 1 is 1.37 bits per heavy atom. The summed E-state index contributed by atoms with van der Waals surface area (Å²) >= 11 is 0. The fourth-order valence-electron chi connectivity index (χ4n) is 1.65. The maximum atomic E-state index is 5.18. The number of hydrogen-bond donors (Lipinski definition) is 1. The molecule has 19 heavy (non-hydrogen) atoms. The molecule has 6 heteroatoms. The van der Waals surface area contributed by atoms with Gasteiger partial charge in [0.05, 0.1) is 7.11 Å². The van der Waals surface area contributed by atoms with E-state index < -0.39 is 0 Å². The van der Waals surface area contributed by atoms with Crippen LogP contribution in [0.1, 0.15) is 24.2 Å². The third-order valence-corrected chi connectivity index (χ3v) is 2.64. The minimum absolute atomic E-state index is 0.600. The largest absolute Gasteiger partial charge is 0.481 e. The van der Waals surface area contributed by atoms with E-state index in [0.29, 0.717) is 24.0 Å². The lowest BCUT2D eigenvalue weighted by Crippen LogP contribution is -2.16. The Kier molecular flexibility index (Phi) is 4.85. The lowest BCUT2D eigenvalue weighted by atomic mass is 10.2. The van der Waals surface area contributed by atoms with Gasteiger partial charge < -0.3 is 14.6 Å². The van der Waals surface area contributed by atoms with Crippen molar-refractivity contribution in [3.63, 3.8) is 0 Å². The molecule has 0 aromatic carbocycles. The molecule has 0 aliphatic heterocycles. The van der Waals surface area contributed by atoms with Crippen molar-refractivity contribution in [1.82, 2.24) is 20.4 Å². The molecule has 1 N–H and O–H groups in total. The van der Waals surface area contributed by atoms with Gasteiger partial charge in [0, 0.05) is 31.6 Å². The Morgan fingerprint density at radius 2 is 2.26 bits per heavy atom. The standard InChI is InChI=1S/C13H18N4O2/c1-3-14-7-6-13-16-11(17-19-13)8-10-4-5-12(18-2)15-9-10/h4-5,9,14H,3,6-8H2,1-2H3. The number of pyridine rings is 1. The summed E-state index contributed by atoms with van der Waals surface area (Å²) in [4.78, 5) is 8.49. The van der Waals surface area contributed by atoms with Crippen LogP contribution in [0, 0.1) is 0 Å². The summed E-state index contributed by atoms with van der Waals surface area (Å²) in [5.74, 6) is 1.94. The number of hydrogen-bond acceptors (Lipinski definition) is 6. The SMILES string of the molecule is CCNCCc1nc(Cc2ccc(OC)nc2)no1. The first-order valence-corrected chi connectivity index (χ1v) is 6.33. The van der Waals surface area contributed by atoms with Crippen LogP contribution in [-0.4, -0.2) is 35.3 Å². The molecule has 0 radical (unpaired) electrons. The molecule has 6 nitrogen and oxygen atoms in total. The average Bonchev–Trinajstić information content (AvgIpc) is 2.88. The van der Waals surface area contributed by atoms with Gasteiger partial charge in [0.15, 0.2) is 5.82 Å². The molecule has 102 valence electrons. The van der Waals surface area contributed by atoms with Crippen molar-refractivity contribution in [3.05, 3.63) is 35.6 Å². The third kappa shape index (κ3) is 4.03. The molecule has 2 aromatic rings. The predicted octanol–water partition coefficient (Wildman–Crippen LogP) is 1.22. The van der Waals surface area contributed by atoms with Crippen LogP contribution in [0.4, 0.5) is 0 Å². The molecule has 0 bridgehead atoms. The summed E-state index contributed by atoms with van der Waals surface area (Å²) < 4.78 is 10.2. The summed E-state index contributed by atoms with van der Waals surface area (Å²) in [5, 5.41) is 7.18. The molecule has 2 aromatic heterocycles. The zero-order valence-electron chi connectivity index (χ0n) is 11.2. The van der Waals surface area contributed by atoms with Gasteiger partial charge in [-0.05, 0) is 12.1 Å². The number of rotatable bonds is 7. The van der Waals surface area contributed by atoms with E-state index in [0.717, 1.165) is 25.1 Å². The molecule has 0 amide bonds. The van der Waals surface area contributed by atoms with Crippen LogP contribution in [0.3, 0.4) is 0 Å². The van der Waals surface area contributed by atoms with Crippen LogP contribution in [0.5, 0.6) is 5.88 Å². The fraction of sp³-hybridized carbons (Fsp3) is 0.462. The second-order valence-electron chi connectivity index (χ2n) is 4.09.